The first kappa shape index (κ1) is 42.3. The SMILES string of the molecule is CN(C)C1CCC2(CC1)OCCO2.CN(C)C1CCc2[nH]c3nc(Br)ccc3c2C1.CNN.Fc1cccc(Br)n1.NNc1cccc(Br)n1. The second kappa shape index (κ2) is 21.4. The fraction of sp³-hybridized carbons (Fsp3) is 0.500. The van der Waals surface area contributed by atoms with Crippen LogP contribution in [0.3, 0.4) is 0 Å². The van der Waals surface area contributed by atoms with Crippen molar-refractivity contribution < 1.29 is 13.9 Å². The zero-order valence-corrected chi connectivity index (χ0v) is 34.1. The van der Waals surface area contributed by atoms with Gasteiger partial charge in [0.15, 0.2) is 5.79 Å². The number of nitrogens with two attached hydrogens (primary N) is 2. The van der Waals surface area contributed by atoms with Gasteiger partial charge < -0.3 is 29.7 Å². The summed E-state index contributed by atoms with van der Waals surface area (Å²) in [6.45, 7) is 1.57. The van der Waals surface area contributed by atoms with E-state index < -0.39 is 5.95 Å². The minimum Gasteiger partial charge on any atom is -0.348 e. The van der Waals surface area contributed by atoms with Crippen LogP contribution < -0.4 is 22.5 Å². The van der Waals surface area contributed by atoms with Gasteiger partial charge in [0.25, 0.3) is 0 Å². The fourth-order valence-corrected chi connectivity index (χ4v) is 6.88. The number of likely N-dealkylation sites (N-methyl/N-ethyl adjacent to an activating group) is 1. The van der Waals surface area contributed by atoms with Crippen molar-refractivity contribution in [3.05, 3.63) is 79.5 Å². The van der Waals surface area contributed by atoms with Crippen LogP contribution in [0.1, 0.15) is 43.4 Å². The molecule has 50 heavy (non-hydrogen) atoms. The molecule has 12 nitrogen and oxygen atoms in total. The number of hydrogen-bond acceptors (Lipinski definition) is 11. The van der Waals surface area contributed by atoms with Crippen LogP contribution in [-0.4, -0.2) is 96.1 Å². The number of nitrogens with one attached hydrogen (secondary N) is 3. The Bertz CT molecular complexity index is 1560. The minimum atomic E-state index is -0.459. The number of H-pyrrole nitrogens is 1. The maximum absolute atomic E-state index is 12.0. The number of pyridine rings is 3. The quantitative estimate of drug-likeness (QED) is 0.0912. The first-order chi connectivity index (χ1) is 23.9. The van der Waals surface area contributed by atoms with Crippen LogP contribution in [0.4, 0.5) is 10.2 Å². The number of hydrazine groups is 2. The van der Waals surface area contributed by atoms with Gasteiger partial charge in [0.2, 0.25) is 5.95 Å². The topological polar surface area (TPSA) is 156 Å². The van der Waals surface area contributed by atoms with Crippen LogP contribution in [0.2, 0.25) is 0 Å². The van der Waals surface area contributed by atoms with E-state index >= 15 is 0 Å². The molecule has 1 aliphatic heterocycles. The van der Waals surface area contributed by atoms with E-state index in [2.05, 4.69) is 128 Å². The van der Waals surface area contributed by atoms with Crippen LogP contribution >= 0.6 is 47.8 Å². The van der Waals surface area contributed by atoms with Crippen LogP contribution in [0.5, 0.6) is 0 Å². The Morgan fingerprint density at radius 1 is 0.820 bits per heavy atom. The second-order valence-corrected chi connectivity index (χ2v) is 14.8. The second-order valence-electron chi connectivity index (χ2n) is 12.3. The van der Waals surface area contributed by atoms with Crippen molar-refractivity contribution in [1.29, 1.82) is 0 Å². The smallest absolute Gasteiger partial charge is 0.213 e. The lowest BCUT2D eigenvalue weighted by molar-refractivity contribution is -0.182. The van der Waals surface area contributed by atoms with Gasteiger partial charge in [0.1, 0.15) is 25.3 Å². The fourth-order valence-electron chi connectivity index (χ4n) is 5.91. The number of aromatic nitrogens is 4. The van der Waals surface area contributed by atoms with Crippen LogP contribution in [0.15, 0.2) is 62.3 Å². The van der Waals surface area contributed by atoms with Crippen LogP contribution in [-0.2, 0) is 22.3 Å². The molecular weight excluding hydrogens is 839 g/mol. The molecule has 1 saturated heterocycles. The molecule has 0 aromatic carbocycles. The third kappa shape index (κ3) is 13.5. The first-order valence-electron chi connectivity index (χ1n) is 16.4. The maximum atomic E-state index is 12.0. The molecule has 5 heterocycles. The van der Waals surface area contributed by atoms with Gasteiger partial charge in [-0.25, -0.2) is 20.8 Å². The van der Waals surface area contributed by atoms with Gasteiger partial charge in [0.05, 0.1) is 13.2 Å². The summed E-state index contributed by atoms with van der Waals surface area (Å²) < 4.78 is 25.6. The van der Waals surface area contributed by atoms with Gasteiger partial charge in [-0.05, 0) is 157 Å². The van der Waals surface area contributed by atoms with Crippen molar-refractivity contribution in [2.45, 2.75) is 62.8 Å². The van der Waals surface area contributed by atoms with Crippen molar-refractivity contribution in [3.63, 3.8) is 0 Å². The zero-order chi connectivity index (χ0) is 36.7. The number of hydrogen-bond donors (Lipinski definition) is 5. The molecule has 7 rings (SSSR count). The third-order valence-corrected chi connectivity index (χ3v) is 9.85. The average molecular weight is 890 g/mol. The van der Waals surface area contributed by atoms with Crippen molar-refractivity contribution in [3.8, 4) is 0 Å². The molecule has 7 N–H and O–H groups in total. The molecule has 4 aromatic rings. The third-order valence-electron chi connectivity index (χ3n) is 8.52. The van der Waals surface area contributed by atoms with E-state index in [-0.39, 0.29) is 5.79 Å². The van der Waals surface area contributed by atoms with Gasteiger partial charge in [-0.3, -0.25) is 11.3 Å². The Morgan fingerprint density at radius 2 is 1.40 bits per heavy atom. The highest BCUT2D eigenvalue weighted by atomic mass is 79.9. The molecule has 1 saturated carbocycles. The van der Waals surface area contributed by atoms with Gasteiger partial charge in [-0.2, -0.15) is 4.39 Å². The molecule has 0 radical (unpaired) electrons. The molecule has 0 amide bonds. The first-order valence-corrected chi connectivity index (χ1v) is 18.8. The van der Waals surface area contributed by atoms with Crippen molar-refractivity contribution in [2.24, 2.45) is 11.7 Å². The maximum Gasteiger partial charge on any atom is 0.213 e. The summed E-state index contributed by atoms with van der Waals surface area (Å²) in [5.74, 6) is 9.69. The lowest BCUT2D eigenvalue weighted by Crippen LogP contribution is -2.41. The number of aromatic amines is 1. The highest BCUT2D eigenvalue weighted by Crippen LogP contribution is 2.36. The van der Waals surface area contributed by atoms with Gasteiger partial charge in [-0.1, -0.05) is 12.1 Å². The molecule has 3 aliphatic rings. The Morgan fingerprint density at radius 3 is 1.90 bits per heavy atom. The molecule has 1 unspecified atom stereocenters. The standard InChI is InChI=1S/C13H16BrN3.C10H19NO2.C5H3BrFN.C5H6BrN3.CH6N2/c1-17(2)8-3-5-11-10(7-8)9-4-6-12(14)16-13(9)15-11;1-11(2)9-3-5-10(6-4-9)12-7-8-13-10;6-4-2-1-3-5(7)8-4;6-4-2-1-3-5(8-4)9-7;1-3-2/h4,6,8H,3,5,7H2,1-2H3,(H,15,16);9H,3-8H2,1-2H3;1-3H;1-3H,7H2,(H,8,9);3H,2H2,1H3. The van der Waals surface area contributed by atoms with Gasteiger partial charge in [0, 0.05) is 36.0 Å². The number of ether oxygens (including phenoxy) is 2. The average Bonchev–Trinajstić information content (AvgIpc) is 3.69. The molecule has 2 aliphatic carbocycles. The summed E-state index contributed by atoms with van der Waals surface area (Å²) in [4.78, 5) is 20.0. The van der Waals surface area contributed by atoms with E-state index in [9.17, 15) is 4.39 Å². The molecule has 2 fully saturated rings. The lowest BCUT2D eigenvalue weighted by Gasteiger charge is -2.37. The Hall–Kier alpha value is -2.12. The number of nitrogens with zero attached hydrogens (tertiary/aromatic N) is 5. The number of halogens is 4. The summed E-state index contributed by atoms with van der Waals surface area (Å²) in [6.07, 6.45) is 8.03. The molecule has 4 aromatic heterocycles. The number of rotatable bonds is 3. The van der Waals surface area contributed by atoms with Crippen LogP contribution in [0, 0.1) is 5.95 Å². The number of fused-ring (bicyclic) bond motifs is 3. The molecule has 276 valence electrons. The molecule has 1 atom stereocenters. The number of nitrogen functional groups attached to an aromatic ring is 1. The van der Waals surface area contributed by atoms with E-state index in [0.717, 1.165) is 59.8 Å². The van der Waals surface area contributed by atoms with E-state index in [4.69, 9.17) is 15.3 Å². The van der Waals surface area contributed by atoms with E-state index in [1.54, 1.807) is 25.2 Å². The minimum absolute atomic E-state index is 0.188. The largest absolute Gasteiger partial charge is 0.348 e. The molecular formula is C34H50Br3FN10O2. The number of aryl methyl sites for hydroxylation is 1. The number of anilines is 1. The Balaban J connectivity index is 0.000000183. The highest BCUT2D eigenvalue weighted by molar-refractivity contribution is 9.11. The van der Waals surface area contributed by atoms with Crippen molar-refractivity contribution in [2.75, 3.05) is 53.9 Å². The summed E-state index contributed by atoms with van der Waals surface area (Å²) in [5.41, 5.74) is 8.54. The van der Waals surface area contributed by atoms with E-state index in [1.165, 1.54) is 42.0 Å². The molecule has 0 bridgehead atoms. The lowest BCUT2D eigenvalue weighted by atomic mass is 9.89. The van der Waals surface area contributed by atoms with Crippen molar-refractivity contribution >= 4 is 64.6 Å². The summed E-state index contributed by atoms with van der Waals surface area (Å²) in [5, 5.41) is 1.29. The summed E-state index contributed by atoms with van der Waals surface area (Å²) in [7, 11) is 10.3. The summed E-state index contributed by atoms with van der Waals surface area (Å²) in [6, 6.07) is 15.6. The molecule has 16 heteroatoms. The van der Waals surface area contributed by atoms with E-state index in [1.807, 2.05) is 18.2 Å². The highest BCUT2D eigenvalue weighted by Gasteiger charge is 2.40. The monoisotopic (exact) mass is 886 g/mol. The summed E-state index contributed by atoms with van der Waals surface area (Å²) >= 11 is 9.63. The Labute approximate surface area is 320 Å². The van der Waals surface area contributed by atoms with Gasteiger partial charge >= 0.3 is 0 Å². The predicted molar refractivity (Wildman–Crippen MR) is 209 cm³/mol. The normalized spacial score (nSPS) is 17.7. The van der Waals surface area contributed by atoms with E-state index in [0.29, 0.717) is 16.5 Å². The predicted octanol–water partition coefficient (Wildman–Crippen LogP) is 6.17. The Kier molecular flexibility index (Phi) is 18.1. The van der Waals surface area contributed by atoms with Gasteiger partial charge in [-0.15, -0.1) is 0 Å². The molecule has 1 spiro atoms. The van der Waals surface area contributed by atoms with Crippen molar-refractivity contribution in [1.82, 2.24) is 35.2 Å². The van der Waals surface area contributed by atoms with Crippen LogP contribution in [0.25, 0.3) is 11.0 Å². The zero-order valence-electron chi connectivity index (χ0n) is 29.4.